The van der Waals surface area contributed by atoms with Crippen LogP contribution < -0.4 is 5.73 Å². The van der Waals surface area contributed by atoms with Crippen molar-refractivity contribution in [2.24, 2.45) is 5.73 Å². The van der Waals surface area contributed by atoms with Crippen LogP contribution >= 0.6 is 0 Å². The number of aliphatic hydroxyl groups excluding tert-OH is 1. The van der Waals surface area contributed by atoms with Gasteiger partial charge in [0.15, 0.2) is 0 Å². The van der Waals surface area contributed by atoms with Crippen molar-refractivity contribution in [1.82, 2.24) is 0 Å². The molecule has 0 bridgehead atoms. The second-order valence-electron chi connectivity index (χ2n) is 2.92. The third kappa shape index (κ3) is 1.87. The van der Waals surface area contributed by atoms with E-state index in [1.807, 2.05) is 19.1 Å². The molecular weight excluding hydrogens is 154 g/mol. The number of aliphatic hydroxyl groups is 1. The van der Waals surface area contributed by atoms with Crippen molar-refractivity contribution in [2.45, 2.75) is 32.4 Å². The lowest BCUT2D eigenvalue weighted by Crippen LogP contribution is -2.22. The Morgan fingerprint density at radius 3 is 2.67 bits per heavy atom. The molecule has 3 nitrogen and oxygen atoms in total. The summed E-state index contributed by atoms with van der Waals surface area (Å²) in [5.74, 6) is 1.56. The standard InChI is InChI=1S/C9H15NO2/c1-3-7-4-5-8(12-7)9(10)6(2)11/h4-6,9,11H,3,10H2,1-2H3/t6-,9-/m1/s1. The van der Waals surface area contributed by atoms with Crippen LogP contribution in [0.2, 0.25) is 0 Å². The number of nitrogens with two attached hydrogens (primary N) is 1. The van der Waals surface area contributed by atoms with Crippen LogP contribution in [-0.4, -0.2) is 11.2 Å². The molecule has 3 N–H and O–H groups in total. The third-order valence-electron chi connectivity index (χ3n) is 1.88. The van der Waals surface area contributed by atoms with E-state index in [9.17, 15) is 5.11 Å². The Labute approximate surface area is 72.2 Å². The minimum Gasteiger partial charge on any atom is -0.464 e. The Hall–Kier alpha value is -0.800. The van der Waals surface area contributed by atoms with Crippen molar-refractivity contribution in [3.8, 4) is 0 Å². The Morgan fingerprint density at radius 2 is 2.25 bits per heavy atom. The second-order valence-corrected chi connectivity index (χ2v) is 2.92. The molecule has 0 saturated heterocycles. The largest absolute Gasteiger partial charge is 0.464 e. The maximum Gasteiger partial charge on any atom is 0.123 e. The van der Waals surface area contributed by atoms with Crippen LogP contribution in [-0.2, 0) is 6.42 Å². The number of hydrogen-bond acceptors (Lipinski definition) is 3. The average molecular weight is 169 g/mol. The van der Waals surface area contributed by atoms with Crippen LogP contribution in [0.3, 0.4) is 0 Å². The summed E-state index contributed by atoms with van der Waals surface area (Å²) >= 11 is 0. The predicted octanol–water partition coefficient (Wildman–Crippen LogP) is 1.22. The normalized spacial score (nSPS) is 16.0. The van der Waals surface area contributed by atoms with E-state index in [2.05, 4.69) is 0 Å². The Kier molecular flexibility index (Phi) is 2.89. The molecule has 0 unspecified atom stereocenters. The predicted molar refractivity (Wildman–Crippen MR) is 46.7 cm³/mol. The lowest BCUT2D eigenvalue weighted by molar-refractivity contribution is 0.152. The van der Waals surface area contributed by atoms with Crippen LogP contribution in [0.15, 0.2) is 16.5 Å². The van der Waals surface area contributed by atoms with Crippen LogP contribution in [0.4, 0.5) is 0 Å². The summed E-state index contributed by atoms with van der Waals surface area (Å²) in [6.45, 7) is 3.66. The van der Waals surface area contributed by atoms with Crippen LogP contribution in [0.1, 0.15) is 31.4 Å². The van der Waals surface area contributed by atoms with Gasteiger partial charge in [-0.2, -0.15) is 0 Å². The van der Waals surface area contributed by atoms with Gasteiger partial charge in [0.2, 0.25) is 0 Å². The molecule has 2 atom stereocenters. The Morgan fingerprint density at radius 1 is 1.58 bits per heavy atom. The minimum absolute atomic E-state index is 0.412. The first-order valence-electron chi connectivity index (χ1n) is 4.17. The lowest BCUT2D eigenvalue weighted by atomic mass is 10.1. The minimum atomic E-state index is -0.569. The maximum atomic E-state index is 9.17. The zero-order valence-electron chi connectivity index (χ0n) is 7.45. The van der Waals surface area contributed by atoms with Gasteiger partial charge in [-0.25, -0.2) is 0 Å². The van der Waals surface area contributed by atoms with E-state index in [1.54, 1.807) is 6.92 Å². The highest BCUT2D eigenvalue weighted by Gasteiger charge is 2.15. The van der Waals surface area contributed by atoms with Gasteiger partial charge in [0.25, 0.3) is 0 Å². The third-order valence-corrected chi connectivity index (χ3v) is 1.88. The van der Waals surface area contributed by atoms with Crippen LogP contribution in [0.5, 0.6) is 0 Å². The first-order valence-corrected chi connectivity index (χ1v) is 4.17. The van der Waals surface area contributed by atoms with Gasteiger partial charge in [-0.3, -0.25) is 0 Å². The van der Waals surface area contributed by atoms with E-state index < -0.39 is 12.1 Å². The van der Waals surface area contributed by atoms with Gasteiger partial charge in [-0.15, -0.1) is 0 Å². The molecule has 1 aromatic rings. The summed E-state index contributed by atoms with van der Waals surface area (Å²) in [6, 6.07) is 3.29. The van der Waals surface area contributed by atoms with E-state index in [1.165, 1.54) is 0 Å². The molecule has 0 amide bonds. The van der Waals surface area contributed by atoms with E-state index in [0.29, 0.717) is 5.76 Å². The molecule has 0 aromatic carbocycles. The molecule has 0 aliphatic carbocycles. The molecule has 3 heteroatoms. The summed E-state index contributed by atoms with van der Waals surface area (Å²) < 4.78 is 5.37. The monoisotopic (exact) mass is 169 g/mol. The van der Waals surface area contributed by atoms with Crippen molar-refractivity contribution in [2.75, 3.05) is 0 Å². The van der Waals surface area contributed by atoms with Gasteiger partial charge in [-0.05, 0) is 19.1 Å². The van der Waals surface area contributed by atoms with Crippen molar-refractivity contribution < 1.29 is 9.52 Å². The molecule has 1 aromatic heterocycles. The topological polar surface area (TPSA) is 59.4 Å². The van der Waals surface area contributed by atoms with Crippen LogP contribution in [0, 0.1) is 0 Å². The summed E-state index contributed by atoms with van der Waals surface area (Å²) in [6.07, 6.45) is 0.285. The van der Waals surface area contributed by atoms with E-state index >= 15 is 0 Å². The highest BCUT2D eigenvalue weighted by atomic mass is 16.3. The number of furan rings is 1. The number of rotatable bonds is 3. The molecule has 0 radical (unpaired) electrons. The molecule has 0 saturated carbocycles. The first kappa shape index (κ1) is 9.29. The molecule has 68 valence electrons. The van der Waals surface area contributed by atoms with Gasteiger partial charge in [0.05, 0.1) is 12.1 Å². The van der Waals surface area contributed by atoms with Crippen molar-refractivity contribution in [3.63, 3.8) is 0 Å². The molecule has 12 heavy (non-hydrogen) atoms. The zero-order chi connectivity index (χ0) is 9.14. The van der Waals surface area contributed by atoms with E-state index in [0.717, 1.165) is 12.2 Å². The highest BCUT2D eigenvalue weighted by molar-refractivity contribution is 5.11. The van der Waals surface area contributed by atoms with Gasteiger partial charge in [0, 0.05) is 6.42 Å². The van der Waals surface area contributed by atoms with Crippen molar-refractivity contribution in [3.05, 3.63) is 23.7 Å². The first-order chi connectivity index (χ1) is 5.65. The van der Waals surface area contributed by atoms with Gasteiger partial charge in [0.1, 0.15) is 11.5 Å². The molecule has 0 spiro atoms. The molecular formula is C9H15NO2. The summed E-state index contributed by atoms with van der Waals surface area (Å²) in [5, 5.41) is 9.17. The Bertz CT molecular complexity index is 242. The molecule has 1 heterocycles. The summed E-state index contributed by atoms with van der Waals surface area (Å²) in [5.41, 5.74) is 5.66. The Balaban J connectivity index is 2.74. The fraction of sp³-hybridized carbons (Fsp3) is 0.556. The average Bonchev–Trinajstić information content (AvgIpc) is 2.50. The molecule has 0 aliphatic rings. The molecule has 0 aliphatic heterocycles. The zero-order valence-corrected chi connectivity index (χ0v) is 7.45. The lowest BCUT2D eigenvalue weighted by Gasteiger charge is -2.10. The fourth-order valence-corrected chi connectivity index (χ4v) is 1.00. The SMILES string of the molecule is CCc1ccc([C@H](N)[C@@H](C)O)o1. The molecule has 0 fully saturated rings. The quantitative estimate of drug-likeness (QED) is 0.715. The van der Waals surface area contributed by atoms with E-state index in [-0.39, 0.29) is 0 Å². The van der Waals surface area contributed by atoms with Gasteiger partial charge in [-0.1, -0.05) is 6.92 Å². The molecule has 1 rings (SSSR count). The van der Waals surface area contributed by atoms with Crippen LogP contribution in [0.25, 0.3) is 0 Å². The smallest absolute Gasteiger partial charge is 0.123 e. The fourth-order valence-electron chi connectivity index (χ4n) is 1.00. The second kappa shape index (κ2) is 3.74. The van der Waals surface area contributed by atoms with Gasteiger partial charge < -0.3 is 15.3 Å². The summed E-state index contributed by atoms with van der Waals surface area (Å²) in [7, 11) is 0. The highest BCUT2D eigenvalue weighted by Crippen LogP contribution is 2.17. The van der Waals surface area contributed by atoms with Gasteiger partial charge >= 0.3 is 0 Å². The number of hydrogen-bond donors (Lipinski definition) is 2. The number of aryl methyl sites for hydroxylation is 1. The van der Waals surface area contributed by atoms with E-state index in [4.69, 9.17) is 10.2 Å². The summed E-state index contributed by atoms with van der Waals surface area (Å²) in [4.78, 5) is 0. The maximum absolute atomic E-state index is 9.17. The van der Waals surface area contributed by atoms with Crippen molar-refractivity contribution >= 4 is 0 Å². The van der Waals surface area contributed by atoms with Crippen molar-refractivity contribution in [1.29, 1.82) is 0 Å².